The zero-order valence-electron chi connectivity index (χ0n) is 4.55. The van der Waals surface area contributed by atoms with Gasteiger partial charge in [-0.25, -0.2) is 0 Å². The number of hydrogen-bond acceptors (Lipinski definition) is 3. The molecule has 8 heavy (non-hydrogen) atoms. The summed E-state index contributed by atoms with van der Waals surface area (Å²) in [4.78, 5) is 1.19. The lowest BCUT2D eigenvalue weighted by Gasteiger charge is -1.87. The highest BCUT2D eigenvalue weighted by atomic mass is 32.2. The van der Waals surface area contributed by atoms with Crippen molar-refractivity contribution in [2.45, 2.75) is 11.8 Å². The van der Waals surface area contributed by atoms with Gasteiger partial charge >= 0.3 is 0 Å². The molecule has 1 heterocycles. The minimum absolute atomic E-state index is 1.19. The van der Waals surface area contributed by atoms with Gasteiger partial charge in [0.2, 0.25) is 0 Å². The van der Waals surface area contributed by atoms with Crippen LogP contribution in [0.2, 0.25) is 0 Å². The van der Waals surface area contributed by atoms with Crippen LogP contribution in [-0.2, 0) is 0 Å². The number of thiophene rings is 1. The number of aryl methyl sites for hydroxylation is 1. The van der Waals surface area contributed by atoms with Gasteiger partial charge in [-0.2, -0.15) is 11.3 Å². The monoisotopic (exact) mass is 145 g/mol. The highest BCUT2D eigenvalue weighted by Gasteiger charge is 1.93. The Morgan fingerprint density at radius 3 is 2.62 bits per heavy atom. The van der Waals surface area contributed by atoms with Crippen molar-refractivity contribution in [3.8, 4) is 0 Å². The molecule has 2 N–H and O–H groups in total. The standard InChI is InChI=1S/C5H7NS2/c1-4-2-7-3-5(4)8-6/h2-3H,6H2,1H3. The van der Waals surface area contributed by atoms with Crippen LogP contribution in [0.15, 0.2) is 15.7 Å². The minimum atomic E-state index is 1.19. The summed E-state index contributed by atoms with van der Waals surface area (Å²) in [6.07, 6.45) is 0. The van der Waals surface area contributed by atoms with Crippen molar-refractivity contribution in [2.24, 2.45) is 5.14 Å². The van der Waals surface area contributed by atoms with Gasteiger partial charge < -0.3 is 0 Å². The molecule has 1 nitrogen and oxygen atoms in total. The van der Waals surface area contributed by atoms with Gasteiger partial charge in [-0.05, 0) is 29.8 Å². The first-order valence-electron chi connectivity index (χ1n) is 2.24. The average molecular weight is 145 g/mol. The van der Waals surface area contributed by atoms with Crippen LogP contribution < -0.4 is 5.14 Å². The lowest BCUT2D eigenvalue weighted by molar-refractivity contribution is 1.38. The summed E-state index contributed by atoms with van der Waals surface area (Å²) in [5.41, 5.74) is 1.28. The second-order valence-corrected chi connectivity index (χ2v) is 2.96. The molecule has 0 saturated carbocycles. The van der Waals surface area contributed by atoms with E-state index in [0.717, 1.165) is 0 Å². The van der Waals surface area contributed by atoms with Crippen LogP contribution in [0.5, 0.6) is 0 Å². The van der Waals surface area contributed by atoms with Crippen LogP contribution in [0.4, 0.5) is 0 Å². The van der Waals surface area contributed by atoms with E-state index >= 15 is 0 Å². The number of rotatable bonds is 1. The average Bonchev–Trinajstić information content (AvgIpc) is 2.14. The maximum Gasteiger partial charge on any atom is 0.0362 e. The first-order chi connectivity index (χ1) is 3.84. The summed E-state index contributed by atoms with van der Waals surface area (Å²) in [5.74, 6) is 0. The molecule has 0 radical (unpaired) electrons. The molecule has 0 aliphatic heterocycles. The van der Waals surface area contributed by atoms with Crippen LogP contribution in [-0.4, -0.2) is 0 Å². The number of hydrogen-bond donors (Lipinski definition) is 1. The molecule has 0 unspecified atom stereocenters. The SMILES string of the molecule is Cc1cscc1SN. The van der Waals surface area contributed by atoms with Crippen LogP contribution in [0.1, 0.15) is 5.56 Å². The van der Waals surface area contributed by atoms with E-state index < -0.39 is 0 Å². The molecule has 0 aliphatic carbocycles. The van der Waals surface area contributed by atoms with Crippen molar-refractivity contribution in [1.29, 1.82) is 0 Å². The van der Waals surface area contributed by atoms with E-state index in [9.17, 15) is 0 Å². The summed E-state index contributed by atoms with van der Waals surface area (Å²) in [7, 11) is 0. The Labute approximate surface area is 57.0 Å². The Kier molecular flexibility index (Phi) is 1.94. The molecule has 0 fully saturated rings. The molecule has 0 aliphatic rings. The molecular formula is C5H7NS2. The lowest BCUT2D eigenvalue weighted by Crippen LogP contribution is -1.76. The van der Waals surface area contributed by atoms with Gasteiger partial charge in [-0.3, -0.25) is 5.14 Å². The van der Waals surface area contributed by atoms with E-state index in [0.29, 0.717) is 0 Å². The van der Waals surface area contributed by atoms with Crippen LogP contribution >= 0.6 is 23.3 Å². The molecule has 0 bridgehead atoms. The molecule has 0 aromatic carbocycles. The molecule has 44 valence electrons. The Hall–Kier alpha value is 0.01000. The summed E-state index contributed by atoms with van der Waals surface area (Å²) in [5, 5.41) is 9.47. The first kappa shape index (κ1) is 6.13. The van der Waals surface area contributed by atoms with Crippen LogP contribution in [0.25, 0.3) is 0 Å². The third kappa shape index (κ3) is 1.05. The minimum Gasteiger partial charge on any atom is -0.274 e. The molecule has 1 rings (SSSR count). The molecule has 0 atom stereocenters. The highest BCUT2D eigenvalue weighted by molar-refractivity contribution is 7.97. The van der Waals surface area contributed by atoms with Crippen molar-refractivity contribution < 1.29 is 0 Å². The van der Waals surface area contributed by atoms with Crippen molar-refractivity contribution in [3.63, 3.8) is 0 Å². The molecular weight excluding hydrogens is 138 g/mol. The quantitative estimate of drug-likeness (QED) is 0.612. The maximum absolute atomic E-state index is 5.32. The fraction of sp³-hybridized carbons (Fsp3) is 0.200. The van der Waals surface area contributed by atoms with Gasteiger partial charge in [0.15, 0.2) is 0 Å². The van der Waals surface area contributed by atoms with Gasteiger partial charge in [0, 0.05) is 10.3 Å². The smallest absolute Gasteiger partial charge is 0.0362 e. The number of nitrogens with two attached hydrogens (primary N) is 1. The zero-order chi connectivity index (χ0) is 5.98. The normalized spacial score (nSPS) is 9.75. The van der Waals surface area contributed by atoms with E-state index in [1.807, 2.05) is 0 Å². The van der Waals surface area contributed by atoms with Crippen LogP contribution in [0.3, 0.4) is 0 Å². The molecule has 1 aromatic rings. The highest BCUT2D eigenvalue weighted by Crippen LogP contribution is 2.20. The molecule has 0 spiro atoms. The van der Waals surface area contributed by atoms with E-state index in [4.69, 9.17) is 5.14 Å². The Morgan fingerprint density at radius 1 is 1.62 bits per heavy atom. The fourth-order valence-electron chi connectivity index (χ4n) is 0.470. The Morgan fingerprint density at radius 2 is 2.38 bits per heavy atom. The van der Waals surface area contributed by atoms with Crippen molar-refractivity contribution >= 4 is 23.3 Å². The van der Waals surface area contributed by atoms with Crippen molar-refractivity contribution in [2.75, 3.05) is 0 Å². The second-order valence-electron chi connectivity index (χ2n) is 1.54. The van der Waals surface area contributed by atoms with Gasteiger partial charge in [0.25, 0.3) is 0 Å². The Balaban J connectivity index is 2.92. The van der Waals surface area contributed by atoms with Gasteiger partial charge in [-0.1, -0.05) is 0 Å². The fourth-order valence-corrected chi connectivity index (χ4v) is 1.89. The van der Waals surface area contributed by atoms with E-state index in [1.165, 1.54) is 22.4 Å². The third-order valence-electron chi connectivity index (χ3n) is 0.936. The van der Waals surface area contributed by atoms with Crippen molar-refractivity contribution in [3.05, 3.63) is 16.3 Å². The van der Waals surface area contributed by atoms with Gasteiger partial charge in [-0.15, -0.1) is 0 Å². The van der Waals surface area contributed by atoms with Gasteiger partial charge in [0.05, 0.1) is 0 Å². The lowest BCUT2D eigenvalue weighted by atomic mass is 10.4. The first-order valence-corrected chi connectivity index (χ1v) is 4.06. The van der Waals surface area contributed by atoms with Crippen molar-refractivity contribution in [1.82, 2.24) is 0 Å². The molecule has 1 aromatic heterocycles. The predicted molar refractivity (Wildman–Crippen MR) is 39.1 cm³/mol. The van der Waals surface area contributed by atoms with E-state index in [-0.39, 0.29) is 0 Å². The van der Waals surface area contributed by atoms with Crippen LogP contribution in [0, 0.1) is 6.92 Å². The van der Waals surface area contributed by atoms with Gasteiger partial charge in [0.1, 0.15) is 0 Å². The Bertz CT molecular complexity index is 171. The zero-order valence-corrected chi connectivity index (χ0v) is 6.18. The largest absolute Gasteiger partial charge is 0.274 e. The van der Waals surface area contributed by atoms with E-state index in [2.05, 4.69) is 17.7 Å². The topological polar surface area (TPSA) is 26.0 Å². The summed E-state index contributed by atoms with van der Waals surface area (Å²) in [6, 6.07) is 0. The summed E-state index contributed by atoms with van der Waals surface area (Å²) < 4.78 is 0. The summed E-state index contributed by atoms with van der Waals surface area (Å²) >= 11 is 3.00. The molecule has 3 heteroatoms. The summed E-state index contributed by atoms with van der Waals surface area (Å²) in [6.45, 7) is 2.06. The second kappa shape index (κ2) is 2.53. The third-order valence-corrected chi connectivity index (χ3v) is 2.64. The maximum atomic E-state index is 5.32. The molecule has 0 saturated heterocycles. The molecule has 0 amide bonds. The predicted octanol–water partition coefficient (Wildman–Crippen LogP) is 2.02. The van der Waals surface area contributed by atoms with E-state index in [1.54, 1.807) is 11.3 Å².